The molecule has 0 bridgehead atoms. The lowest BCUT2D eigenvalue weighted by Gasteiger charge is -2.22. The highest BCUT2D eigenvalue weighted by molar-refractivity contribution is 7.92. The van der Waals surface area contributed by atoms with Gasteiger partial charge >= 0.3 is 17.8 Å². The number of aromatic nitrogens is 4. The molecule has 3 rings (SSSR count). The molecule has 0 saturated carbocycles. The molecule has 2 amide bonds. The third kappa shape index (κ3) is 6.40. The molecule has 2 heterocycles. The van der Waals surface area contributed by atoms with Crippen LogP contribution in [0.3, 0.4) is 0 Å². The molecule has 0 radical (unpaired) electrons. The van der Waals surface area contributed by atoms with Crippen LogP contribution in [0.15, 0.2) is 35.1 Å². The number of ether oxygens (including phenoxy) is 1. The summed E-state index contributed by atoms with van der Waals surface area (Å²) in [5.74, 6) is -0.715. The highest BCUT2D eigenvalue weighted by Gasteiger charge is 2.26. The van der Waals surface area contributed by atoms with Gasteiger partial charge in [0.1, 0.15) is 5.52 Å². The van der Waals surface area contributed by atoms with Crippen LogP contribution in [0, 0.1) is 0 Å². The lowest BCUT2D eigenvalue weighted by Crippen LogP contribution is -2.42. The number of rotatable bonds is 10. The Hall–Kier alpha value is -4.14. The van der Waals surface area contributed by atoms with Crippen LogP contribution >= 0.6 is 0 Å². The van der Waals surface area contributed by atoms with Gasteiger partial charge in [-0.25, -0.2) is 27.4 Å². The molecule has 0 aliphatic carbocycles. The first-order chi connectivity index (χ1) is 18.0. The fraction of sp³-hybridized carbons (Fsp3) is 0.435. The van der Waals surface area contributed by atoms with Gasteiger partial charge in [0.25, 0.3) is 0 Å². The van der Waals surface area contributed by atoms with E-state index < -0.39 is 27.8 Å². The summed E-state index contributed by atoms with van der Waals surface area (Å²) in [6.45, 7) is 3.89. The Morgan fingerprint density at radius 2 is 1.74 bits per heavy atom. The van der Waals surface area contributed by atoms with E-state index in [1.807, 2.05) is 6.07 Å². The zero-order chi connectivity index (χ0) is 28.0. The number of amides is 2. The summed E-state index contributed by atoms with van der Waals surface area (Å²) in [6, 6.07) is 8.29. The van der Waals surface area contributed by atoms with Crippen LogP contribution in [0.2, 0.25) is 0 Å². The lowest BCUT2D eigenvalue weighted by molar-refractivity contribution is 0.113. The number of sulfonamides is 1. The minimum atomic E-state index is -3.74. The van der Waals surface area contributed by atoms with E-state index in [1.54, 1.807) is 38.1 Å². The Kier molecular flexibility index (Phi) is 8.93. The number of nitrogens with one attached hydrogen (secondary N) is 1. The number of nitrogen functional groups attached to an aromatic ring is 1. The molecule has 2 aromatic heterocycles. The molecule has 1 aromatic carbocycles. The van der Waals surface area contributed by atoms with Gasteiger partial charge in [0.2, 0.25) is 16.0 Å². The Bertz CT molecular complexity index is 1470. The zero-order valence-corrected chi connectivity index (χ0v) is 22.6. The SMILES string of the molecule is CCCS(=O)(=O)Nc1nc(N)c2c(n1)n(Cc1ccccc1)c(=O)n2C(=O)N(C)CCN(C)C(=O)OCC. The number of hydrogen-bond donors (Lipinski definition) is 2. The number of anilines is 2. The van der Waals surface area contributed by atoms with E-state index >= 15 is 0 Å². The van der Waals surface area contributed by atoms with Crippen LogP contribution in [-0.4, -0.2) is 89.0 Å². The first-order valence-corrected chi connectivity index (χ1v) is 13.6. The van der Waals surface area contributed by atoms with E-state index in [0.717, 1.165) is 10.1 Å². The Morgan fingerprint density at radius 3 is 2.37 bits per heavy atom. The molecule has 0 fully saturated rings. The molecule has 38 heavy (non-hydrogen) atoms. The maximum Gasteiger partial charge on any atom is 0.409 e. The molecule has 3 aromatic rings. The maximum absolute atomic E-state index is 13.6. The minimum Gasteiger partial charge on any atom is -0.450 e. The molecule has 0 aliphatic rings. The van der Waals surface area contributed by atoms with E-state index in [4.69, 9.17) is 10.5 Å². The summed E-state index contributed by atoms with van der Waals surface area (Å²) in [4.78, 5) is 49.7. The number of nitrogens with two attached hydrogens (primary N) is 1. The summed E-state index contributed by atoms with van der Waals surface area (Å²) in [5, 5.41) is 0. The summed E-state index contributed by atoms with van der Waals surface area (Å²) in [6.07, 6.45) is -0.172. The number of carbonyl (C=O) groups excluding carboxylic acids is 2. The van der Waals surface area contributed by atoms with Gasteiger partial charge in [0.15, 0.2) is 11.5 Å². The summed E-state index contributed by atoms with van der Waals surface area (Å²) in [5.41, 5.74) is 6.11. The molecular weight excluding hydrogens is 516 g/mol. The standard InChI is InChI=1S/C23H32N8O6S/c1-5-14-38(35,36)27-20-25-18(24)17-19(26-20)30(15-16-10-8-7-9-11-16)22(33)31(17)21(32)28(3)12-13-29(4)23(34)37-6-2/h7-11H,5-6,12-15H2,1-4H3,(H3,24,25,26,27). The van der Waals surface area contributed by atoms with Gasteiger partial charge in [-0.1, -0.05) is 37.3 Å². The number of benzene rings is 1. The van der Waals surface area contributed by atoms with Crippen LogP contribution in [0.5, 0.6) is 0 Å². The predicted molar refractivity (Wildman–Crippen MR) is 143 cm³/mol. The van der Waals surface area contributed by atoms with E-state index in [2.05, 4.69) is 14.7 Å². The smallest absolute Gasteiger partial charge is 0.409 e. The third-order valence-corrected chi connectivity index (χ3v) is 7.00. The van der Waals surface area contributed by atoms with Crippen molar-refractivity contribution < 1.29 is 22.7 Å². The Labute approximate surface area is 220 Å². The van der Waals surface area contributed by atoms with Gasteiger partial charge < -0.3 is 20.3 Å². The average molecular weight is 549 g/mol. The van der Waals surface area contributed by atoms with Crippen molar-refractivity contribution in [3.8, 4) is 0 Å². The van der Waals surface area contributed by atoms with Crippen molar-refractivity contribution in [1.29, 1.82) is 0 Å². The molecule has 0 spiro atoms. The minimum absolute atomic E-state index is 0.00839. The van der Waals surface area contributed by atoms with Gasteiger partial charge in [-0.05, 0) is 18.9 Å². The molecule has 0 atom stereocenters. The first kappa shape index (κ1) is 28.4. The van der Waals surface area contributed by atoms with Crippen LogP contribution in [0.1, 0.15) is 25.8 Å². The molecule has 3 N–H and O–H groups in total. The monoisotopic (exact) mass is 548 g/mol. The van der Waals surface area contributed by atoms with Gasteiger partial charge in [-0.2, -0.15) is 9.97 Å². The van der Waals surface area contributed by atoms with Crippen molar-refractivity contribution in [2.45, 2.75) is 26.8 Å². The molecule has 0 unspecified atom stereocenters. The van der Waals surface area contributed by atoms with Crippen LogP contribution in [0.4, 0.5) is 21.4 Å². The van der Waals surface area contributed by atoms with Crippen molar-refractivity contribution in [1.82, 2.24) is 28.9 Å². The molecule has 15 heteroatoms. The third-order valence-electron chi connectivity index (χ3n) is 5.57. The summed E-state index contributed by atoms with van der Waals surface area (Å²) >= 11 is 0. The Morgan fingerprint density at radius 1 is 1.08 bits per heavy atom. The van der Waals surface area contributed by atoms with Gasteiger partial charge in [0, 0.05) is 27.2 Å². The molecule has 0 aliphatic heterocycles. The predicted octanol–water partition coefficient (Wildman–Crippen LogP) is 1.36. The van der Waals surface area contributed by atoms with Crippen molar-refractivity contribution in [2.24, 2.45) is 0 Å². The number of nitrogens with zero attached hydrogens (tertiary/aromatic N) is 6. The van der Waals surface area contributed by atoms with Crippen LogP contribution < -0.4 is 16.1 Å². The largest absolute Gasteiger partial charge is 0.450 e. The van der Waals surface area contributed by atoms with Gasteiger partial charge in [-0.15, -0.1) is 0 Å². The molecule has 14 nitrogen and oxygen atoms in total. The highest BCUT2D eigenvalue weighted by atomic mass is 32.2. The molecule has 0 saturated heterocycles. The topological polar surface area (TPSA) is 175 Å². The van der Waals surface area contributed by atoms with E-state index in [0.29, 0.717) is 6.42 Å². The quantitative estimate of drug-likeness (QED) is 0.379. The molecule has 206 valence electrons. The second-order valence-electron chi connectivity index (χ2n) is 8.54. The van der Waals surface area contributed by atoms with E-state index in [9.17, 15) is 22.8 Å². The normalized spacial score (nSPS) is 11.4. The van der Waals surface area contributed by atoms with Gasteiger partial charge in [0.05, 0.1) is 18.9 Å². The van der Waals surface area contributed by atoms with Crippen LogP contribution in [-0.2, 0) is 21.3 Å². The first-order valence-electron chi connectivity index (χ1n) is 12.0. The van der Waals surface area contributed by atoms with Gasteiger partial charge in [-0.3, -0.25) is 9.29 Å². The second kappa shape index (κ2) is 11.9. The molecular formula is C23H32N8O6S. The Balaban J connectivity index is 2.06. The fourth-order valence-corrected chi connectivity index (χ4v) is 4.66. The highest BCUT2D eigenvalue weighted by Crippen LogP contribution is 2.21. The number of fused-ring (bicyclic) bond motifs is 1. The van der Waals surface area contributed by atoms with Crippen molar-refractivity contribution in [3.63, 3.8) is 0 Å². The maximum atomic E-state index is 13.6. The van der Waals surface area contributed by atoms with Crippen LogP contribution in [0.25, 0.3) is 11.2 Å². The zero-order valence-electron chi connectivity index (χ0n) is 21.7. The van der Waals surface area contributed by atoms with Crippen molar-refractivity contribution in [2.75, 3.05) is 50.0 Å². The second-order valence-corrected chi connectivity index (χ2v) is 10.4. The van der Waals surface area contributed by atoms with E-state index in [1.165, 1.54) is 28.5 Å². The fourth-order valence-electron chi connectivity index (χ4n) is 3.65. The van der Waals surface area contributed by atoms with Crippen molar-refractivity contribution in [3.05, 3.63) is 46.4 Å². The average Bonchev–Trinajstić information content (AvgIpc) is 3.13. The number of likely N-dealkylation sites (N-methyl/N-ethyl adjacent to an activating group) is 2. The summed E-state index contributed by atoms with van der Waals surface area (Å²) in [7, 11) is -0.744. The number of hydrogen-bond acceptors (Lipinski definition) is 9. The lowest BCUT2D eigenvalue weighted by atomic mass is 10.2. The van der Waals surface area contributed by atoms with Crippen molar-refractivity contribution >= 4 is 45.1 Å². The van der Waals surface area contributed by atoms with E-state index in [-0.39, 0.29) is 54.9 Å². The summed E-state index contributed by atoms with van der Waals surface area (Å²) < 4.78 is 33.9. The number of carbonyl (C=O) groups is 2. The number of imidazole rings is 1.